The van der Waals surface area contributed by atoms with E-state index in [1.165, 1.54) is 0 Å². The molecule has 8 aromatic carbocycles. The van der Waals surface area contributed by atoms with Gasteiger partial charge >= 0.3 is 0 Å². The van der Waals surface area contributed by atoms with Crippen molar-refractivity contribution in [3.8, 4) is 22.6 Å². The van der Waals surface area contributed by atoms with Crippen LogP contribution in [0.5, 0.6) is 11.5 Å². The van der Waals surface area contributed by atoms with E-state index in [0.29, 0.717) is 0 Å². The number of methoxy groups -OCH3 is 2. The van der Waals surface area contributed by atoms with Crippen LogP contribution in [0.1, 0.15) is 22.3 Å². The van der Waals surface area contributed by atoms with Crippen molar-refractivity contribution in [1.29, 1.82) is 0 Å². The third kappa shape index (κ3) is 8.62. The van der Waals surface area contributed by atoms with Gasteiger partial charge in [-0.25, -0.2) is 0 Å². The molecule has 0 spiro atoms. The molecule has 0 N–H and O–H groups in total. The molecular formula is C54H44N2O2. The molecule has 0 atom stereocenters. The van der Waals surface area contributed by atoms with E-state index >= 15 is 0 Å². The second-order valence-electron chi connectivity index (χ2n) is 13.8. The fourth-order valence-corrected chi connectivity index (χ4v) is 7.07. The van der Waals surface area contributed by atoms with Crippen molar-refractivity contribution in [2.24, 2.45) is 0 Å². The SMILES string of the molecule is COc1ccc(N(C=C(c2ccccc2)c2ccccc2)c2ccc(-c3ccc(N(C=C(c4ccccc4)c4ccccc4)c4ccc(OC)cc4)cc3)cc2)cc1. The van der Waals surface area contributed by atoms with E-state index in [1.54, 1.807) is 14.2 Å². The summed E-state index contributed by atoms with van der Waals surface area (Å²) < 4.78 is 11.0. The van der Waals surface area contributed by atoms with E-state index in [0.717, 1.165) is 78.8 Å². The van der Waals surface area contributed by atoms with Gasteiger partial charge in [0.05, 0.1) is 14.2 Å². The minimum atomic E-state index is 0.815. The van der Waals surface area contributed by atoms with Crippen LogP contribution in [0.15, 0.2) is 231 Å². The van der Waals surface area contributed by atoms with Crippen LogP contribution in [-0.2, 0) is 0 Å². The van der Waals surface area contributed by atoms with E-state index in [2.05, 4.69) is 216 Å². The average molecular weight is 753 g/mol. The maximum absolute atomic E-state index is 5.51. The number of hydrogen-bond donors (Lipinski definition) is 0. The summed E-state index contributed by atoms with van der Waals surface area (Å²) in [7, 11) is 3.39. The van der Waals surface area contributed by atoms with Gasteiger partial charge in [0.15, 0.2) is 0 Å². The van der Waals surface area contributed by atoms with Gasteiger partial charge in [-0.1, -0.05) is 146 Å². The monoisotopic (exact) mass is 752 g/mol. The summed E-state index contributed by atoms with van der Waals surface area (Å²) in [5.41, 5.74) is 13.2. The molecule has 0 amide bonds. The first-order chi connectivity index (χ1) is 28.7. The van der Waals surface area contributed by atoms with Crippen LogP contribution < -0.4 is 19.3 Å². The fourth-order valence-electron chi connectivity index (χ4n) is 7.07. The number of hydrogen-bond acceptors (Lipinski definition) is 4. The van der Waals surface area contributed by atoms with Crippen molar-refractivity contribution in [3.05, 3.63) is 253 Å². The highest BCUT2D eigenvalue weighted by molar-refractivity contribution is 5.86. The first-order valence-electron chi connectivity index (χ1n) is 19.4. The zero-order chi connectivity index (χ0) is 39.5. The highest BCUT2D eigenvalue weighted by Gasteiger charge is 2.15. The van der Waals surface area contributed by atoms with Gasteiger partial charge in [-0.15, -0.1) is 0 Å². The van der Waals surface area contributed by atoms with Crippen LogP contribution in [0.4, 0.5) is 22.7 Å². The normalized spacial score (nSPS) is 10.6. The van der Waals surface area contributed by atoms with Crippen molar-refractivity contribution in [3.63, 3.8) is 0 Å². The molecule has 0 saturated heterocycles. The minimum absolute atomic E-state index is 0.815. The first-order valence-corrected chi connectivity index (χ1v) is 19.4. The van der Waals surface area contributed by atoms with Crippen molar-refractivity contribution < 1.29 is 9.47 Å². The molecule has 0 unspecified atom stereocenters. The summed E-state index contributed by atoms with van der Waals surface area (Å²) in [6.45, 7) is 0. The Morgan fingerprint density at radius 1 is 0.310 bits per heavy atom. The van der Waals surface area contributed by atoms with Crippen molar-refractivity contribution in [2.45, 2.75) is 0 Å². The predicted octanol–water partition coefficient (Wildman–Crippen LogP) is 13.8. The molecule has 0 radical (unpaired) electrons. The fraction of sp³-hybridized carbons (Fsp3) is 0.0370. The third-order valence-electron chi connectivity index (χ3n) is 10.2. The summed E-state index contributed by atoms with van der Waals surface area (Å²) in [6, 6.07) is 76.1. The summed E-state index contributed by atoms with van der Waals surface area (Å²) in [5.74, 6) is 1.63. The van der Waals surface area contributed by atoms with Gasteiger partial charge in [0.1, 0.15) is 11.5 Å². The Bertz CT molecular complexity index is 2300. The number of rotatable bonds is 13. The van der Waals surface area contributed by atoms with Crippen LogP contribution >= 0.6 is 0 Å². The standard InChI is InChI=1S/C54H44N2O2/c1-57-51-35-31-49(32-36-51)55(39-53(43-15-7-3-8-16-43)44-17-9-4-10-18-44)47-27-23-41(24-28-47)42-25-29-48(30-26-42)56(50-33-37-52(58-2)38-34-50)40-54(45-19-11-5-12-20-45)46-21-13-6-14-22-46/h3-40H,1-2H3. The molecule has 8 rings (SSSR count). The van der Waals surface area contributed by atoms with Gasteiger partial charge in [0, 0.05) is 46.3 Å². The lowest BCUT2D eigenvalue weighted by molar-refractivity contribution is 0.414. The van der Waals surface area contributed by atoms with Gasteiger partial charge in [0.2, 0.25) is 0 Å². The Balaban J connectivity index is 1.16. The van der Waals surface area contributed by atoms with Crippen LogP contribution in [0.25, 0.3) is 22.3 Å². The van der Waals surface area contributed by atoms with Gasteiger partial charge in [-0.3, -0.25) is 0 Å². The van der Waals surface area contributed by atoms with Crippen molar-refractivity contribution in [2.75, 3.05) is 24.0 Å². The Morgan fingerprint density at radius 3 is 0.793 bits per heavy atom. The smallest absolute Gasteiger partial charge is 0.119 e. The lowest BCUT2D eigenvalue weighted by atomic mass is 9.98. The zero-order valence-corrected chi connectivity index (χ0v) is 32.7. The van der Waals surface area contributed by atoms with Gasteiger partial charge in [-0.2, -0.15) is 0 Å². The number of anilines is 4. The predicted molar refractivity (Wildman–Crippen MR) is 242 cm³/mol. The molecule has 0 bridgehead atoms. The molecule has 4 heteroatoms. The lowest BCUT2D eigenvalue weighted by Crippen LogP contribution is -2.10. The van der Waals surface area contributed by atoms with Crippen molar-refractivity contribution >= 4 is 33.9 Å². The maximum Gasteiger partial charge on any atom is 0.119 e. The molecule has 0 aliphatic carbocycles. The van der Waals surface area contributed by atoms with E-state index in [-0.39, 0.29) is 0 Å². The van der Waals surface area contributed by atoms with Crippen molar-refractivity contribution in [1.82, 2.24) is 0 Å². The van der Waals surface area contributed by atoms with E-state index < -0.39 is 0 Å². The minimum Gasteiger partial charge on any atom is -0.497 e. The molecule has 0 fully saturated rings. The molecule has 0 aliphatic rings. The zero-order valence-electron chi connectivity index (χ0n) is 32.7. The summed E-state index contributed by atoms with van der Waals surface area (Å²) in [6.07, 6.45) is 4.47. The molecule has 0 saturated carbocycles. The maximum atomic E-state index is 5.51. The molecule has 58 heavy (non-hydrogen) atoms. The number of ether oxygens (including phenoxy) is 2. The highest BCUT2D eigenvalue weighted by atomic mass is 16.5. The summed E-state index contributed by atoms with van der Waals surface area (Å²) in [4.78, 5) is 4.50. The average Bonchev–Trinajstić information content (AvgIpc) is 3.31. The number of nitrogens with zero attached hydrogens (tertiary/aromatic N) is 2. The van der Waals surface area contributed by atoms with E-state index in [1.807, 2.05) is 24.3 Å². The second kappa shape index (κ2) is 17.9. The van der Waals surface area contributed by atoms with Gasteiger partial charge in [-0.05, 0) is 106 Å². The lowest BCUT2D eigenvalue weighted by Gasteiger charge is -2.24. The highest BCUT2D eigenvalue weighted by Crippen LogP contribution is 2.36. The van der Waals surface area contributed by atoms with Gasteiger partial charge in [0.25, 0.3) is 0 Å². The van der Waals surface area contributed by atoms with Gasteiger partial charge < -0.3 is 19.3 Å². The quantitative estimate of drug-likeness (QED) is 0.117. The number of benzene rings is 8. The Kier molecular flexibility index (Phi) is 11.6. The topological polar surface area (TPSA) is 24.9 Å². The Morgan fingerprint density at radius 2 is 0.552 bits per heavy atom. The summed E-state index contributed by atoms with van der Waals surface area (Å²) in [5, 5.41) is 0. The molecule has 282 valence electrons. The van der Waals surface area contributed by atoms with E-state index in [9.17, 15) is 0 Å². The summed E-state index contributed by atoms with van der Waals surface area (Å²) >= 11 is 0. The largest absolute Gasteiger partial charge is 0.497 e. The molecule has 0 aromatic heterocycles. The second-order valence-corrected chi connectivity index (χ2v) is 13.8. The third-order valence-corrected chi connectivity index (χ3v) is 10.2. The Hall–Kier alpha value is -7.56. The van der Waals surface area contributed by atoms with Crippen LogP contribution in [-0.4, -0.2) is 14.2 Å². The van der Waals surface area contributed by atoms with Crippen LogP contribution in [0, 0.1) is 0 Å². The molecule has 4 nitrogen and oxygen atoms in total. The van der Waals surface area contributed by atoms with Crippen LogP contribution in [0.2, 0.25) is 0 Å². The molecule has 0 aliphatic heterocycles. The molecule has 8 aromatic rings. The molecule has 0 heterocycles. The first kappa shape index (κ1) is 37.4. The molecular weight excluding hydrogens is 709 g/mol. The van der Waals surface area contributed by atoms with E-state index in [4.69, 9.17) is 9.47 Å². The Labute approximate surface area is 341 Å². The van der Waals surface area contributed by atoms with Crippen LogP contribution in [0.3, 0.4) is 0 Å².